The molecule has 0 saturated carbocycles. The van der Waals surface area contributed by atoms with Crippen molar-refractivity contribution in [1.82, 2.24) is 35.5 Å². The molecule has 0 fully saturated rings. The second-order valence-corrected chi connectivity index (χ2v) is 8.47. The molecule has 14 heteroatoms. The molecule has 0 spiro atoms. The first kappa shape index (κ1) is 26.3. The van der Waals surface area contributed by atoms with Gasteiger partial charge in [0.15, 0.2) is 17.4 Å². The normalized spacial score (nSPS) is 13.6. The standard InChI is InChI=1S/C24H29N9O5/c34-18(32-23-25-9-5-10-26-23)8-4-11-33-15-30-19-20(28-14-29-21(19)33)27-12-17(22(35)36)31-24(37)38-13-16-6-2-1-3-7-16/h1-3,6-7,14-15,17H,4-5,8-13H2,(H,31,37)(H,35,36)(H,27,28,29)(H2,25,26,32,34)/t17-/m0/s1. The number of fused-ring (bicyclic) bond motifs is 1. The number of rotatable bonds is 11. The van der Waals surface area contributed by atoms with E-state index in [0.29, 0.717) is 48.9 Å². The number of alkyl carbamates (subject to hydrolysis) is 1. The first-order valence-corrected chi connectivity index (χ1v) is 12.2. The van der Waals surface area contributed by atoms with Gasteiger partial charge in [0.2, 0.25) is 5.91 Å². The minimum atomic E-state index is -1.27. The van der Waals surface area contributed by atoms with E-state index in [2.05, 4.69) is 41.2 Å². The van der Waals surface area contributed by atoms with Crippen molar-refractivity contribution in [2.24, 2.45) is 4.99 Å². The summed E-state index contributed by atoms with van der Waals surface area (Å²) in [5.74, 6) is -0.540. The van der Waals surface area contributed by atoms with Gasteiger partial charge in [0.05, 0.1) is 6.33 Å². The van der Waals surface area contributed by atoms with Crippen LogP contribution in [-0.4, -0.2) is 74.2 Å². The van der Waals surface area contributed by atoms with Gasteiger partial charge < -0.3 is 30.4 Å². The Bertz CT molecular complexity index is 1290. The lowest BCUT2D eigenvalue weighted by Gasteiger charge is -2.16. The zero-order valence-electron chi connectivity index (χ0n) is 20.6. The van der Waals surface area contributed by atoms with Crippen molar-refractivity contribution in [2.75, 3.05) is 25.0 Å². The number of guanidine groups is 1. The molecule has 1 aromatic carbocycles. The second-order valence-electron chi connectivity index (χ2n) is 8.47. The van der Waals surface area contributed by atoms with Crippen molar-refractivity contribution >= 4 is 40.9 Å². The Morgan fingerprint density at radius 1 is 1.16 bits per heavy atom. The molecule has 1 atom stereocenters. The third-order valence-corrected chi connectivity index (χ3v) is 5.64. The molecule has 0 radical (unpaired) electrons. The summed E-state index contributed by atoms with van der Waals surface area (Å²) in [5, 5.41) is 20.6. The van der Waals surface area contributed by atoms with Gasteiger partial charge in [-0.15, -0.1) is 0 Å². The summed E-state index contributed by atoms with van der Waals surface area (Å²) < 4.78 is 6.90. The van der Waals surface area contributed by atoms with Gasteiger partial charge in [0, 0.05) is 32.6 Å². The fraction of sp³-hybridized carbons (Fsp3) is 0.375. The number of ether oxygens (including phenoxy) is 1. The van der Waals surface area contributed by atoms with Gasteiger partial charge in [-0.2, -0.15) is 0 Å². The number of carboxylic acid groups (broad SMARTS) is 1. The summed E-state index contributed by atoms with van der Waals surface area (Å²) in [6.07, 6.45) is 3.86. The van der Waals surface area contributed by atoms with Gasteiger partial charge in [-0.3, -0.25) is 15.1 Å². The number of carboxylic acids is 1. The van der Waals surface area contributed by atoms with Crippen molar-refractivity contribution in [3.8, 4) is 0 Å². The van der Waals surface area contributed by atoms with Crippen LogP contribution in [0.5, 0.6) is 0 Å². The molecule has 0 saturated heterocycles. The van der Waals surface area contributed by atoms with E-state index in [1.807, 2.05) is 18.2 Å². The Morgan fingerprint density at radius 2 is 2.00 bits per heavy atom. The van der Waals surface area contributed by atoms with Crippen LogP contribution in [0.25, 0.3) is 11.2 Å². The molecule has 38 heavy (non-hydrogen) atoms. The van der Waals surface area contributed by atoms with Gasteiger partial charge in [-0.05, 0) is 18.4 Å². The zero-order valence-corrected chi connectivity index (χ0v) is 20.6. The summed E-state index contributed by atoms with van der Waals surface area (Å²) in [7, 11) is 0. The largest absolute Gasteiger partial charge is 0.480 e. The van der Waals surface area contributed by atoms with Crippen molar-refractivity contribution < 1.29 is 24.2 Å². The first-order chi connectivity index (χ1) is 18.5. The van der Waals surface area contributed by atoms with E-state index < -0.39 is 18.1 Å². The molecule has 5 N–H and O–H groups in total. The third kappa shape index (κ3) is 7.38. The predicted octanol–water partition coefficient (Wildman–Crippen LogP) is 0.864. The SMILES string of the molecule is O=C(CCCn1cnc2c(NC[C@H](NC(=O)OCc3ccccc3)C(=O)O)ncnc21)NC1=NCCCN1. The van der Waals surface area contributed by atoms with E-state index in [-0.39, 0.29) is 19.1 Å². The zero-order chi connectivity index (χ0) is 26.7. The highest BCUT2D eigenvalue weighted by molar-refractivity contribution is 5.97. The number of benzene rings is 1. The lowest BCUT2D eigenvalue weighted by Crippen LogP contribution is -2.45. The van der Waals surface area contributed by atoms with Crippen molar-refractivity contribution in [3.63, 3.8) is 0 Å². The van der Waals surface area contributed by atoms with Gasteiger partial charge in [0.25, 0.3) is 0 Å². The molecule has 1 aliphatic heterocycles. The Labute approximate surface area is 217 Å². The van der Waals surface area contributed by atoms with E-state index >= 15 is 0 Å². The van der Waals surface area contributed by atoms with Crippen LogP contribution in [0.4, 0.5) is 10.6 Å². The van der Waals surface area contributed by atoms with Crippen LogP contribution in [0.3, 0.4) is 0 Å². The van der Waals surface area contributed by atoms with Crippen LogP contribution in [0.15, 0.2) is 48.0 Å². The lowest BCUT2D eigenvalue weighted by molar-refractivity contribution is -0.139. The molecule has 14 nitrogen and oxygen atoms in total. The number of aromatic nitrogens is 4. The third-order valence-electron chi connectivity index (χ3n) is 5.64. The number of carbonyl (C=O) groups is 3. The molecule has 0 aliphatic carbocycles. The van der Waals surface area contributed by atoms with Gasteiger partial charge in [-0.25, -0.2) is 24.5 Å². The number of anilines is 1. The smallest absolute Gasteiger partial charge is 0.408 e. The molecular formula is C24H29N9O5. The summed E-state index contributed by atoms with van der Waals surface area (Å²) in [6, 6.07) is 7.78. The Balaban J connectivity index is 1.29. The summed E-state index contributed by atoms with van der Waals surface area (Å²) in [5.41, 5.74) is 1.75. The van der Waals surface area contributed by atoms with Crippen LogP contribution in [0, 0.1) is 0 Å². The van der Waals surface area contributed by atoms with E-state index in [0.717, 1.165) is 18.5 Å². The maximum absolute atomic E-state index is 12.2. The van der Waals surface area contributed by atoms with Gasteiger partial charge >= 0.3 is 12.1 Å². The van der Waals surface area contributed by atoms with E-state index in [9.17, 15) is 19.5 Å². The molecule has 2 amide bonds. The topological polar surface area (TPSA) is 185 Å². The highest BCUT2D eigenvalue weighted by atomic mass is 16.5. The number of nitrogens with zero attached hydrogens (tertiary/aromatic N) is 5. The molecule has 4 rings (SSSR count). The first-order valence-electron chi connectivity index (χ1n) is 12.2. The van der Waals surface area contributed by atoms with Crippen molar-refractivity contribution in [2.45, 2.75) is 38.5 Å². The van der Waals surface area contributed by atoms with Crippen molar-refractivity contribution in [1.29, 1.82) is 0 Å². The quantitative estimate of drug-likeness (QED) is 0.241. The molecule has 3 heterocycles. The molecule has 200 valence electrons. The van der Waals surface area contributed by atoms with Crippen LogP contribution in [0.1, 0.15) is 24.8 Å². The van der Waals surface area contributed by atoms with E-state index in [4.69, 9.17) is 4.74 Å². The Morgan fingerprint density at radius 3 is 2.76 bits per heavy atom. The Kier molecular flexibility index (Phi) is 8.99. The fourth-order valence-corrected chi connectivity index (χ4v) is 3.70. The minimum absolute atomic E-state index is 0.0176. The highest BCUT2D eigenvalue weighted by Crippen LogP contribution is 2.18. The number of imidazole rings is 1. The van der Waals surface area contributed by atoms with Crippen LogP contribution in [-0.2, 0) is 27.5 Å². The molecular weight excluding hydrogens is 494 g/mol. The Hall–Kier alpha value is -4.75. The second kappa shape index (κ2) is 13.0. The predicted molar refractivity (Wildman–Crippen MR) is 137 cm³/mol. The number of nitrogens with one attached hydrogen (secondary N) is 4. The van der Waals surface area contributed by atoms with E-state index in [1.165, 1.54) is 6.33 Å². The van der Waals surface area contributed by atoms with Crippen LogP contribution >= 0.6 is 0 Å². The molecule has 2 aromatic heterocycles. The number of hydrogen-bond acceptors (Lipinski definition) is 10. The maximum atomic E-state index is 12.2. The number of aryl methyl sites for hydroxylation is 1. The van der Waals surface area contributed by atoms with Gasteiger partial charge in [0.1, 0.15) is 24.5 Å². The molecule has 1 aliphatic rings. The monoisotopic (exact) mass is 523 g/mol. The van der Waals surface area contributed by atoms with Gasteiger partial charge in [-0.1, -0.05) is 30.3 Å². The summed E-state index contributed by atoms with van der Waals surface area (Å²) >= 11 is 0. The maximum Gasteiger partial charge on any atom is 0.408 e. The number of hydrogen-bond donors (Lipinski definition) is 5. The molecule has 0 unspecified atom stereocenters. The lowest BCUT2D eigenvalue weighted by atomic mass is 10.2. The summed E-state index contributed by atoms with van der Waals surface area (Å²) in [6.45, 7) is 1.84. The average molecular weight is 524 g/mol. The molecule has 0 bridgehead atoms. The van der Waals surface area contributed by atoms with E-state index in [1.54, 1.807) is 23.0 Å². The minimum Gasteiger partial charge on any atom is -0.480 e. The molecule has 3 aromatic rings. The fourth-order valence-electron chi connectivity index (χ4n) is 3.70. The van der Waals surface area contributed by atoms with Crippen LogP contribution in [0.2, 0.25) is 0 Å². The number of aliphatic imine (C=N–C) groups is 1. The van der Waals surface area contributed by atoms with Crippen molar-refractivity contribution in [3.05, 3.63) is 48.5 Å². The van der Waals surface area contributed by atoms with Crippen LogP contribution < -0.4 is 21.3 Å². The number of aliphatic carboxylic acids is 1. The summed E-state index contributed by atoms with van der Waals surface area (Å²) in [4.78, 5) is 53.0. The average Bonchev–Trinajstić information content (AvgIpc) is 3.34. The number of carbonyl (C=O) groups excluding carboxylic acids is 2. The highest BCUT2D eigenvalue weighted by Gasteiger charge is 2.22. The number of amides is 2.